The van der Waals surface area contributed by atoms with Crippen molar-refractivity contribution >= 4 is 11.9 Å². The molecule has 49 heavy (non-hydrogen) atoms. The van der Waals surface area contributed by atoms with Gasteiger partial charge in [0.15, 0.2) is 0 Å². The molecule has 0 rings (SSSR count). The summed E-state index contributed by atoms with van der Waals surface area (Å²) >= 11 is 0. The zero-order chi connectivity index (χ0) is 36.4. The second-order valence-electron chi connectivity index (χ2n) is 15.0. The minimum absolute atomic E-state index is 0.0124. The van der Waals surface area contributed by atoms with Gasteiger partial charge >= 0.3 is 11.9 Å². The number of rotatable bonds is 34. The Hall–Kier alpha value is -2.02. The molecule has 0 spiro atoms. The van der Waals surface area contributed by atoms with Crippen molar-refractivity contribution in [3.8, 4) is 0 Å². The fourth-order valence-electron chi connectivity index (χ4n) is 6.37. The maximum Gasteiger partial charge on any atom is 0.306 e. The molecule has 5 nitrogen and oxygen atoms in total. The monoisotopic (exact) mass is 686 g/mol. The van der Waals surface area contributed by atoms with Crippen LogP contribution in [0.5, 0.6) is 0 Å². The van der Waals surface area contributed by atoms with Crippen LogP contribution < -0.4 is 0 Å². The summed E-state index contributed by atoms with van der Waals surface area (Å²) in [4.78, 5) is 27.0. The molecular formula is C44H79NO4. The highest BCUT2D eigenvalue weighted by Crippen LogP contribution is 2.21. The number of hydrogen-bond acceptors (Lipinski definition) is 5. The minimum atomic E-state index is -0.101. The number of carbonyl (C=O) groups is 2. The molecule has 3 atom stereocenters. The van der Waals surface area contributed by atoms with Crippen molar-refractivity contribution in [3.63, 3.8) is 0 Å². The topological polar surface area (TPSA) is 55.8 Å². The lowest BCUT2D eigenvalue weighted by Gasteiger charge is -2.27. The van der Waals surface area contributed by atoms with Crippen LogP contribution in [0, 0.1) is 17.8 Å². The summed E-state index contributed by atoms with van der Waals surface area (Å²) < 4.78 is 11.0. The molecule has 0 amide bonds. The summed E-state index contributed by atoms with van der Waals surface area (Å²) in [5.74, 6) is 1.25. The molecule has 0 fully saturated rings. The Morgan fingerprint density at radius 1 is 0.653 bits per heavy atom. The third-order valence-electron chi connectivity index (χ3n) is 9.87. The van der Waals surface area contributed by atoms with Crippen molar-refractivity contribution in [1.29, 1.82) is 0 Å². The SMILES string of the molecule is C=C=C=C=CC(CCCCC)CC(=O)OCCCCCCCCC(CCCCCCCCOC(=O)CC(C)CCCCC)CN(C)C(C)C. The third-order valence-corrected chi connectivity index (χ3v) is 9.87. The average molecular weight is 686 g/mol. The van der Waals surface area contributed by atoms with Crippen molar-refractivity contribution in [2.24, 2.45) is 17.8 Å². The van der Waals surface area contributed by atoms with E-state index < -0.39 is 0 Å². The van der Waals surface area contributed by atoms with E-state index in [2.05, 4.69) is 70.3 Å². The molecule has 0 aliphatic rings. The van der Waals surface area contributed by atoms with Gasteiger partial charge in [0.2, 0.25) is 0 Å². The second-order valence-corrected chi connectivity index (χ2v) is 15.0. The van der Waals surface area contributed by atoms with Gasteiger partial charge < -0.3 is 14.4 Å². The second kappa shape index (κ2) is 34.4. The molecule has 0 radical (unpaired) electrons. The molecule has 0 aromatic carbocycles. The maximum atomic E-state index is 12.4. The van der Waals surface area contributed by atoms with Gasteiger partial charge in [-0.05, 0) is 89.1 Å². The first-order chi connectivity index (χ1) is 23.7. The Bertz CT molecular complexity index is 910. The number of ether oxygens (including phenoxy) is 2. The molecule has 0 aliphatic carbocycles. The van der Waals surface area contributed by atoms with Crippen LogP contribution in [0.3, 0.4) is 0 Å². The van der Waals surface area contributed by atoms with Gasteiger partial charge in [-0.25, -0.2) is 0 Å². The number of allylic oxidation sites excluding steroid dienone is 1. The fraction of sp³-hybridized carbons (Fsp3) is 0.841. The van der Waals surface area contributed by atoms with E-state index in [-0.39, 0.29) is 17.9 Å². The Morgan fingerprint density at radius 2 is 1.12 bits per heavy atom. The van der Waals surface area contributed by atoms with E-state index in [1.54, 1.807) is 0 Å². The van der Waals surface area contributed by atoms with Crippen LogP contribution in [-0.4, -0.2) is 49.7 Å². The van der Waals surface area contributed by atoms with Gasteiger partial charge in [0.25, 0.3) is 0 Å². The number of unbranched alkanes of at least 4 members (excludes halogenated alkanes) is 14. The summed E-state index contributed by atoms with van der Waals surface area (Å²) in [5, 5.41) is 0. The molecule has 0 aromatic rings. The number of esters is 2. The molecular weight excluding hydrogens is 606 g/mol. The number of carbonyl (C=O) groups excluding carboxylic acids is 2. The summed E-state index contributed by atoms with van der Waals surface area (Å²) in [6.45, 7) is 17.0. The normalized spacial score (nSPS) is 13.0. The van der Waals surface area contributed by atoms with Crippen LogP contribution in [0.1, 0.15) is 189 Å². The van der Waals surface area contributed by atoms with Crippen molar-refractivity contribution in [2.75, 3.05) is 26.8 Å². The van der Waals surface area contributed by atoms with Gasteiger partial charge in [0, 0.05) is 19.0 Å². The highest BCUT2D eigenvalue weighted by Gasteiger charge is 2.15. The fourth-order valence-corrected chi connectivity index (χ4v) is 6.37. The Morgan fingerprint density at radius 3 is 1.63 bits per heavy atom. The van der Waals surface area contributed by atoms with Gasteiger partial charge in [0.1, 0.15) is 0 Å². The zero-order valence-electron chi connectivity index (χ0n) is 33.3. The predicted octanol–water partition coefficient (Wildman–Crippen LogP) is 12.3. The predicted molar refractivity (Wildman–Crippen MR) is 209 cm³/mol. The molecule has 0 saturated carbocycles. The van der Waals surface area contributed by atoms with E-state index in [9.17, 15) is 9.59 Å². The molecule has 0 bridgehead atoms. The maximum absolute atomic E-state index is 12.4. The number of nitrogens with zero attached hydrogens (tertiary/aromatic N) is 1. The molecule has 5 heteroatoms. The molecule has 0 aliphatic heterocycles. The van der Waals surface area contributed by atoms with Crippen molar-refractivity contribution in [1.82, 2.24) is 4.90 Å². The van der Waals surface area contributed by atoms with Crippen LogP contribution in [0.15, 0.2) is 29.8 Å². The average Bonchev–Trinajstić information content (AvgIpc) is 3.06. The molecule has 0 aromatic heterocycles. The lowest BCUT2D eigenvalue weighted by atomic mass is 9.93. The molecule has 0 heterocycles. The molecule has 3 unspecified atom stereocenters. The lowest BCUT2D eigenvalue weighted by molar-refractivity contribution is -0.145. The van der Waals surface area contributed by atoms with Crippen LogP contribution in [0.4, 0.5) is 0 Å². The first kappa shape index (κ1) is 47.0. The first-order valence-electron chi connectivity index (χ1n) is 20.6. The van der Waals surface area contributed by atoms with Crippen molar-refractivity contribution in [2.45, 2.75) is 195 Å². The van der Waals surface area contributed by atoms with Gasteiger partial charge in [-0.1, -0.05) is 141 Å². The van der Waals surface area contributed by atoms with Crippen molar-refractivity contribution in [3.05, 3.63) is 29.8 Å². The van der Waals surface area contributed by atoms with Crippen LogP contribution >= 0.6 is 0 Å². The van der Waals surface area contributed by atoms with E-state index in [1.807, 2.05) is 6.08 Å². The van der Waals surface area contributed by atoms with Crippen LogP contribution in [0.2, 0.25) is 0 Å². The molecule has 284 valence electrons. The smallest absolute Gasteiger partial charge is 0.306 e. The first-order valence-corrected chi connectivity index (χ1v) is 20.6. The summed E-state index contributed by atoms with van der Waals surface area (Å²) in [6.07, 6.45) is 29.3. The highest BCUT2D eigenvalue weighted by atomic mass is 16.5. The van der Waals surface area contributed by atoms with E-state index in [0.717, 1.165) is 50.9 Å². The Balaban J connectivity index is 4.09. The Labute approximate surface area is 304 Å². The van der Waals surface area contributed by atoms with E-state index in [0.29, 0.717) is 38.0 Å². The van der Waals surface area contributed by atoms with Crippen LogP contribution in [0.25, 0.3) is 0 Å². The molecule has 0 N–H and O–H groups in total. The van der Waals surface area contributed by atoms with Gasteiger partial charge in [-0.3, -0.25) is 9.59 Å². The number of hydrogen-bond donors (Lipinski definition) is 0. The van der Waals surface area contributed by atoms with Crippen molar-refractivity contribution < 1.29 is 19.1 Å². The zero-order valence-corrected chi connectivity index (χ0v) is 33.3. The third kappa shape index (κ3) is 31.7. The van der Waals surface area contributed by atoms with Crippen LogP contribution in [-0.2, 0) is 19.1 Å². The summed E-state index contributed by atoms with van der Waals surface area (Å²) in [6, 6.07) is 0.588. The van der Waals surface area contributed by atoms with E-state index >= 15 is 0 Å². The van der Waals surface area contributed by atoms with E-state index in [1.165, 1.54) is 103 Å². The summed E-state index contributed by atoms with van der Waals surface area (Å²) in [5.41, 5.74) is 8.28. The Kier molecular flexibility index (Phi) is 33.0. The minimum Gasteiger partial charge on any atom is -0.466 e. The van der Waals surface area contributed by atoms with E-state index in [4.69, 9.17) is 9.47 Å². The summed E-state index contributed by atoms with van der Waals surface area (Å²) in [7, 11) is 2.27. The quantitative estimate of drug-likeness (QED) is 0.0383. The van der Waals surface area contributed by atoms with Gasteiger partial charge in [0.05, 0.1) is 19.6 Å². The molecule has 0 saturated heterocycles. The van der Waals surface area contributed by atoms with Gasteiger partial charge in [-0.2, -0.15) is 0 Å². The standard InChI is InChI=1S/C44H79NO4/c1-8-11-22-29-40(6)36-43(46)48-34-27-20-16-14-18-25-32-42(38-45(7)39(4)5)33-26-19-15-17-21-28-35-49-44(47)37-41(30-23-12-9-2)31-24-13-10-3/h30,39-42H,2,8,10-11,13-22,24-29,31-38H2,1,3-7H3. The van der Waals surface area contributed by atoms with Gasteiger partial charge in [-0.15, -0.1) is 0 Å². The largest absolute Gasteiger partial charge is 0.466 e. The highest BCUT2D eigenvalue weighted by molar-refractivity contribution is 5.70. The lowest BCUT2D eigenvalue weighted by Crippen LogP contribution is -2.31.